The van der Waals surface area contributed by atoms with Crippen LogP contribution in [0.3, 0.4) is 0 Å². The van der Waals surface area contributed by atoms with E-state index < -0.39 is 10.8 Å². The van der Waals surface area contributed by atoms with Gasteiger partial charge in [0.15, 0.2) is 0 Å². The topological polar surface area (TPSA) is 39.2 Å². The molecule has 0 unspecified atom stereocenters. The molecule has 0 aliphatic heterocycles. The summed E-state index contributed by atoms with van der Waals surface area (Å²) in [5.41, 5.74) is 1.55. The first kappa shape index (κ1) is 15.3. The lowest BCUT2D eigenvalue weighted by molar-refractivity contribution is 0.414. The molecule has 1 aromatic heterocycles. The van der Waals surface area contributed by atoms with E-state index in [0.717, 1.165) is 11.3 Å². The molecule has 0 fully saturated rings. The monoisotopic (exact) mass is 329 g/mol. The number of hydrogen-bond acceptors (Lipinski definition) is 3. The average molecular weight is 330 g/mol. The van der Waals surface area contributed by atoms with E-state index in [4.69, 9.17) is 27.9 Å². The number of ether oxygens (including phenoxy) is 1. The molecule has 0 amide bonds. The van der Waals surface area contributed by atoms with Crippen LogP contribution >= 0.6 is 23.2 Å². The molecule has 1 atom stereocenters. The van der Waals surface area contributed by atoms with Gasteiger partial charge >= 0.3 is 0 Å². The molecule has 0 saturated carbocycles. The molecule has 0 N–H and O–H groups in total. The summed E-state index contributed by atoms with van der Waals surface area (Å²) < 4.78 is 17.3. The number of pyridine rings is 1. The van der Waals surface area contributed by atoms with E-state index in [2.05, 4.69) is 4.98 Å². The van der Waals surface area contributed by atoms with Crippen LogP contribution in [-0.2, 0) is 22.3 Å². The summed E-state index contributed by atoms with van der Waals surface area (Å²) in [7, 11) is 0.510. The summed E-state index contributed by atoms with van der Waals surface area (Å²) >= 11 is 11.8. The summed E-state index contributed by atoms with van der Waals surface area (Å²) in [6.45, 7) is 0. The normalized spacial score (nSPS) is 12.2. The average Bonchev–Trinajstić information content (AvgIpc) is 2.42. The van der Waals surface area contributed by atoms with Gasteiger partial charge in [-0.1, -0.05) is 35.3 Å². The van der Waals surface area contributed by atoms with Crippen molar-refractivity contribution in [2.75, 3.05) is 7.11 Å². The minimum absolute atomic E-state index is 0.299. The van der Waals surface area contributed by atoms with E-state index in [9.17, 15) is 4.21 Å². The van der Waals surface area contributed by atoms with E-state index in [-0.39, 0.29) is 0 Å². The highest BCUT2D eigenvalue weighted by Gasteiger charge is 2.09. The van der Waals surface area contributed by atoms with Gasteiger partial charge in [-0.3, -0.25) is 9.19 Å². The van der Waals surface area contributed by atoms with Crippen LogP contribution in [0.2, 0.25) is 10.0 Å². The molecule has 0 spiro atoms. The van der Waals surface area contributed by atoms with Crippen LogP contribution in [0.4, 0.5) is 0 Å². The lowest BCUT2D eigenvalue weighted by Crippen LogP contribution is -2.02. The summed E-state index contributed by atoms with van der Waals surface area (Å²) in [5, 5.41) is 0.911. The number of hydrogen-bond donors (Lipinski definition) is 0. The highest BCUT2D eigenvalue weighted by molar-refractivity contribution is 7.83. The van der Waals surface area contributed by atoms with Crippen LogP contribution in [-0.4, -0.2) is 16.3 Å². The van der Waals surface area contributed by atoms with Crippen LogP contribution in [0.15, 0.2) is 36.5 Å². The Labute approximate surface area is 130 Å². The summed E-state index contributed by atoms with van der Waals surface area (Å²) in [6.07, 6.45) is 1.51. The second kappa shape index (κ2) is 7.07. The smallest absolute Gasteiger partial charge is 0.119 e. The zero-order chi connectivity index (χ0) is 14.5. The lowest BCUT2D eigenvalue weighted by atomic mass is 10.2. The van der Waals surface area contributed by atoms with Crippen LogP contribution in [0.25, 0.3) is 0 Å². The zero-order valence-corrected chi connectivity index (χ0v) is 13.1. The molecule has 0 saturated heterocycles. The Balaban J connectivity index is 2.05. The van der Waals surface area contributed by atoms with Crippen LogP contribution in [0, 0.1) is 0 Å². The zero-order valence-electron chi connectivity index (χ0n) is 10.8. The van der Waals surface area contributed by atoms with E-state index in [0.29, 0.717) is 27.2 Å². The molecular formula is C14H13Cl2NO2S. The van der Waals surface area contributed by atoms with Crippen LogP contribution in [0.1, 0.15) is 11.3 Å². The molecule has 2 rings (SSSR count). The second-order valence-electron chi connectivity index (χ2n) is 4.16. The molecule has 20 heavy (non-hydrogen) atoms. The molecular weight excluding hydrogens is 317 g/mol. The van der Waals surface area contributed by atoms with E-state index in [1.807, 2.05) is 24.3 Å². The van der Waals surface area contributed by atoms with Gasteiger partial charge in [0, 0.05) is 22.7 Å². The Hall–Kier alpha value is -1.10. The predicted octanol–water partition coefficient (Wildman–Crippen LogP) is 3.85. The van der Waals surface area contributed by atoms with Crippen molar-refractivity contribution in [3.05, 3.63) is 57.8 Å². The number of halogens is 2. The first-order valence-electron chi connectivity index (χ1n) is 5.86. The fraction of sp³-hybridized carbons (Fsp3) is 0.214. The molecule has 1 heterocycles. The Morgan fingerprint density at radius 1 is 1.25 bits per heavy atom. The van der Waals surface area contributed by atoms with Crippen molar-refractivity contribution in [2.24, 2.45) is 0 Å². The molecule has 3 nitrogen and oxygen atoms in total. The Bertz CT molecular complexity index is 634. The third-order valence-electron chi connectivity index (χ3n) is 2.64. The fourth-order valence-electron chi connectivity index (χ4n) is 1.70. The van der Waals surface area contributed by atoms with Crippen LogP contribution in [0.5, 0.6) is 5.75 Å². The standard InChI is InChI=1S/C14H13Cl2NO2S/c1-19-12-4-2-3-10(5-12)8-20(18)9-14-13(16)6-11(15)7-17-14/h2-7H,8-9H2,1H3/t20-/m1/s1. The number of methoxy groups -OCH3 is 1. The maximum absolute atomic E-state index is 12.2. The molecule has 2 aromatic rings. The molecule has 106 valence electrons. The van der Waals surface area contributed by atoms with Gasteiger partial charge in [-0.15, -0.1) is 0 Å². The SMILES string of the molecule is COc1cccc(C[S@@](=O)Cc2ncc(Cl)cc2Cl)c1. The number of rotatable bonds is 5. The van der Waals surface area contributed by atoms with E-state index >= 15 is 0 Å². The lowest BCUT2D eigenvalue weighted by Gasteiger charge is -2.06. The van der Waals surface area contributed by atoms with Crippen molar-refractivity contribution in [1.82, 2.24) is 4.98 Å². The highest BCUT2D eigenvalue weighted by atomic mass is 35.5. The molecule has 1 aromatic carbocycles. The number of benzene rings is 1. The predicted molar refractivity (Wildman–Crippen MR) is 82.8 cm³/mol. The van der Waals surface area contributed by atoms with Gasteiger partial charge < -0.3 is 4.74 Å². The fourth-order valence-corrected chi connectivity index (χ4v) is 3.42. The first-order valence-corrected chi connectivity index (χ1v) is 8.10. The van der Waals surface area contributed by atoms with Crippen LogP contribution < -0.4 is 4.74 Å². The summed E-state index contributed by atoms with van der Waals surface area (Å²) in [5.74, 6) is 1.48. The van der Waals surface area contributed by atoms with Gasteiger partial charge in [0.25, 0.3) is 0 Å². The Morgan fingerprint density at radius 2 is 2.05 bits per heavy atom. The molecule has 0 aliphatic rings. The molecule has 0 aliphatic carbocycles. The highest BCUT2D eigenvalue weighted by Crippen LogP contribution is 2.21. The van der Waals surface area contributed by atoms with Crippen molar-refractivity contribution in [1.29, 1.82) is 0 Å². The largest absolute Gasteiger partial charge is 0.497 e. The van der Waals surface area contributed by atoms with Crippen molar-refractivity contribution in [3.8, 4) is 5.75 Å². The van der Waals surface area contributed by atoms with Crippen molar-refractivity contribution < 1.29 is 8.95 Å². The van der Waals surface area contributed by atoms with Crippen molar-refractivity contribution in [3.63, 3.8) is 0 Å². The maximum Gasteiger partial charge on any atom is 0.119 e. The molecule has 6 heteroatoms. The molecule has 0 radical (unpaired) electrons. The van der Waals surface area contributed by atoms with Gasteiger partial charge in [0.2, 0.25) is 0 Å². The van der Waals surface area contributed by atoms with Gasteiger partial charge in [-0.25, -0.2) is 0 Å². The summed E-state index contributed by atoms with van der Waals surface area (Å²) in [6, 6.07) is 9.11. The first-order chi connectivity index (χ1) is 9.58. The van der Waals surface area contributed by atoms with E-state index in [1.165, 1.54) is 6.20 Å². The number of aromatic nitrogens is 1. The minimum atomic E-state index is -1.09. The van der Waals surface area contributed by atoms with Crippen molar-refractivity contribution >= 4 is 34.0 Å². The summed E-state index contributed by atoms with van der Waals surface area (Å²) in [4.78, 5) is 4.11. The Kier molecular flexibility index (Phi) is 5.40. The third kappa shape index (κ3) is 4.20. The van der Waals surface area contributed by atoms with Gasteiger partial charge in [0.05, 0.1) is 28.6 Å². The Morgan fingerprint density at radius 3 is 2.75 bits per heavy atom. The van der Waals surface area contributed by atoms with Gasteiger partial charge in [0.1, 0.15) is 5.75 Å². The number of nitrogens with zero attached hydrogens (tertiary/aromatic N) is 1. The maximum atomic E-state index is 12.2. The minimum Gasteiger partial charge on any atom is -0.497 e. The molecule has 0 bridgehead atoms. The second-order valence-corrected chi connectivity index (χ2v) is 6.46. The van der Waals surface area contributed by atoms with Gasteiger partial charge in [-0.2, -0.15) is 0 Å². The van der Waals surface area contributed by atoms with Gasteiger partial charge in [-0.05, 0) is 23.8 Å². The van der Waals surface area contributed by atoms with Crippen molar-refractivity contribution in [2.45, 2.75) is 11.5 Å². The quantitative estimate of drug-likeness (QED) is 0.836. The van der Waals surface area contributed by atoms with E-state index in [1.54, 1.807) is 13.2 Å². The third-order valence-corrected chi connectivity index (χ3v) is 4.43.